The molecule has 2 heterocycles. The maximum atomic E-state index is 6.27. The Bertz CT molecular complexity index is 1020. The van der Waals surface area contributed by atoms with Gasteiger partial charge in [0.05, 0.1) is 13.7 Å². The SMILES string of the molecule is COc1ccc(CN2CCCC(C)(C)COc3ccccc3Oc3ncccc3C2)cc1. The molecule has 0 bridgehead atoms. The van der Waals surface area contributed by atoms with Crippen molar-refractivity contribution in [3.05, 3.63) is 78.0 Å². The number of nitrogens with zero attached hydrogens (tertiary/aromatic N) is 2. The van der Waals surface area contributed by atoms with Crippen molar-refractivity contribution in [2.45, 2.75) is 39.8 Å². The van der Waals surface area contributed by atoms with Gasteiger partial charge < -0.3 is 14.2 Å². The molecule has 1 aromatic heterocycles. The van der Waals surface area contributed by atoms with E-state index in [0.29, 0.717) is 18.2 Å². The molecule has 0 atom stereocenters. The van der Waals surface area contributed by atoms with Crippen LogP contribution in [0.4, 0.5) is 0 Å². The molecule has 3 aromatic rings. The summed E-state index contributed by atoms with van der Waals surface area (Å²) in [7, 11) is 1.70. The van der Waals surface area contributed by atoms with Gasteiger partial charge >= 0.3 is 0 Å². The highest BCUT2D eigenvalue weighted by Crippen LogP contribution is 2.35. The molecule has 5 heteroatoms. The molecule has 168 valence electrons. The zero-order chi connectivity index (χ0) is 22.4. The predicted octanol–water partition coefficient (Wildman–Crippen LogP) is 6.08. The normalized spacial score (nSPS) is 16.7. The zero-order valence-electron chi connectivity index (χ0n) is 19.2. The third-order valence-electron chi connectivity index (χ3n) is 5.81. The average Bonchev–Trinajstić information content (AvgIpc) is 2.80. The quantitative estimate of drug-likeness (QED) is 0.502. The van der Waals surface area contributed by atoms with Crippen LogP contribution in [-0.2, 0) is 13.1 Å². The maximum absolute atomic E-state index is 6.27. The fraction of sp³-hybridized carbons (Fsp3) is 0.370. The molecule has 0 amide bonds. The van der Waals surface area contributed by atoms with Crippen molar-refractivity contribution in [1.29, 1.82) is 0 Å². The van der Waals surface area contributed by atoms with Gasteiger partial charge in [0.15, 0.2) is 11.5 Å². The van der Waals surface area contributed by atoms with E-state index in [-0.39, 0.29) is 5.41 Å². The van der Waals surface area contributed by atoms with Gasteiger partial charge in [-0.2, -0.15) is 0 Å². The molecule has 0 saturated heterocycles. The van der Waals surface area contributed by atoms with E-state index in [1.807, 2.05) is 42.5 Å². The van der Waals surface area contributed by atoms with Crippen molar-refractivity contribution in [3.63, 3.8) is 0 Å². The van der Waals surface area contributed by atoms with Gasteiger partial charge in [0.1, 0.15) is 5.75 Å². The van der Waals surface area contributed by atoms with Crippen LogP contribution < -0.4 is 14.2 Å². The summed E-state index contributed by atoms with van der Waals surface area (Å²) >= 11 is 0. The lowest BCUT2D eigenvalue weighted by Gasteiger charge is -2.27. The first kappa shape index (κ1) is 22.2. The Balaban J connectivity index is 1.63. The molecule has 0 N–H and O–H groups in total. The minimum atomic E-state index is 0.0675. The summed E-state index contributed by atoms with van der Waals surface area (Å²) in [6, 6.07) is 20.2. The minimum Gasteiger partial charge on any atom is -0.497 e. The second-order valence-corrected chi connectivity index (χ2v) is 9.13. The highest BCUT2D eigenvalue weighted by molar-refractivity contribution is 5.43. The second-order valence-electron chi connectivity index (χ2n) is 9.13. The van der Waals surface area contributed by atoms with Gasteiger partial charge in [-0.15, -0.1) is 0 Å². The molecule has 0 aliphatic carbocycles. The van der Waals surface area contributed by atoms with Gasteiger partial charge in [-0.3, -0.25) is 4.90 Å². The van der Waals surface area contributed by atoms with Crippen LogP contribution >= 0.6 is 0 Å². The zero-order valence-corrected chi connectivity index (χ0v) is 19.2. The molecule has 0 fully saturated rings. The number of ether oxygens (including phenoxy) is 3. The predicted molar refractivity (Wildman–Crippen MR) is 126 cm³/mol. The average molecular weight is 433 g/mol. The molecule has 2 aromatic carbocycles. The molecular weight excluding hydrogens is 400 g/mol. The lowest BCUT2D eigenvalue weighted by molar-refractivity contribution is 0.154. The summed E-state index contributed by atoms with van der Waals surface area (Å²) in [5.74, 6) is 2.96. The Labute approximate surface area is 191 Å². The Morgan fingerprint density at radius 1 is 1.00 bits per heavy atom. The molecule has 0 saturated carbocycles. The standard InChI is InChI=1S/C27H32N2O3/c1-27(2)15-7-17-29(18-21-11-13-23(30-3)14-12-21)19-22-8-6-16-28-26(22)32-25-10-5-4-9-24(25)31-20-27/h4-6,8-14,16H,7,15,17-20H2,1-3H3. The van der Waals surface area contributed by atoms with Crippen LogP contribution in [0.25, 0.3) is 0 Å². The van der Waals surface area contributed by atoms with Crippen molar-refractivity contribution in [3.8, 4) is 23.1 Å². The van der Waals surface area contributed by atoms with Gasteiger partial charge in [-0.25, -0.2) is 4.98 Å². The van der Waals surface area contributed by atoms with E-state index in [1.165, 1.54) is 5.56 Å². The minimum absolute atomic E-state index is 0.0675. The van der Waals surface area contributed by atoms with Crippen molar-refractivity contribution >= 4 is 0 Å². The second kappa shape index (κ2) is 10.0. The molecule has 32 heavy (non-hydrogen) atoms. The van der Waals surface area contributed by atoms with Crippen molar-refractivity contribution in [2.24, 2.45) is 5.41 Å². The van der Waals surface area contributed by atoms with E-state index in [0.717, 1.165) is 49.5 Å². The third-order valence-corrected chi connectivity index (χ3v) is 5.81. The van der Waals surface area contributed by atoms with E-state index >= 15 is 0 Å². The summed E-state index contributed by atoms with van der Waals surface area (Å²) in [6.07, 6.45) is 3.94. The van der Waals surface area contributed by atoms with E-state index in [9.17, 15) is 0 Å². The smallest absolute Gasteiger partial charge is 0.223 e. The summed E-state index contributed by atoms with van der Waals surface area (Å²) in [5.41, 5.74) is 2.39. The van der Waals surface area contributed by atoms with Crippen LogP contribution in [0, 0.1) is 5.41 Å². The number of pyridine rings is 1. The van der Waals surface area contributed by atoms with E-state index < -0.39 is 0 Å². The van der Waals surface area contributed by atoms with Crippen molar-refractivity contribution < 1.29 is 14.2 Å². The molecule has 1 aliphatic heterocycles. The Hall–Kier alpha value is -3.05. The molecule has 0 radical (unpaired) electrons. The first-order valence-corrected chi connectivity index (χ1v) is 11.2. The fourth-order valence-electron chi connectivity index (χ4n) is 3.96. The Morgan fingerprint density at radius 3 is 2.56 bits per heavy atom. The number of hydrogen-bond acceptors (Lipinski definition) is 5. The Kier molecular flexibility index (Phi) is 6.96. The van der Waals surface area contributed by atoms with Crippen molar-refractivity contribution in [1.82, 2.24) is 9.88 Å². The van der Waals surface area contributed by atoms with E-state index in [2.05, 4.69) is 41.9 Å². The van der Waals surface area contributed by atoms with Gasteiger partial charge in [-0.1, -0.05) is 44.2 Å². The lowest BCUT2D eigenvalue weighted by atomic mass is 9.88. The van der Waals surface area contributed by atoms with Gasteiger partial charge in [0.25, 0.3) is 0 Å². The molecule has 0 unspecified atom stereocenters. The molecular formula is C27H32N2O3. The Morgan fingerprint density at radius 2 is 1.78 bits per heavy atom. The van der Waals surface area contributed by atoms with Crippen LogP contribution in [0.1, 0.15) is 37.8 Å². The number of aromatic nitrogens is 1. The highest BCUT2D eigenvalue weighted by atomic mass is 16.5. The number of methoxy groups -OCH3 is 1. The van der Waals surface area contributed by atoms with E-state index in [1.54, 1.807) is 13.3 Å². The number of hydrogen-bond donors (Lipinski definition) is 0. The molecule has 5 nitrogen and oxygen atoms in total. The van der Waals surface area contributed by atoms with Crippen LogP contribution in [0.15, 0.2) is 66.9 Å². The molecule has 1 aliphatic rings. The third kappa shape index (κ3) is 5.80. The monoisotopic (exact) mass is 432 g/mol. The number of fused-ring (bicyclic) bond motifs is 2. The van der Waals surface area contributed by atoms with Crippen LogP contribution in [0.3, 0.4) is 0 Å². The number of para-hydroxylation sites is 2. The van der Waals surface area contributed by atoms with E-state index in [4.69, 9.17) is 14.2 Å². The van der Waals surface area contributed by atoms with Crippen LogP contribution in [0.5, 0.6) is 23.1 Å². The number of benzene rings is 2. The van der Waals surface area contributed by atoms with Gasteiger partial charge in [0.2, 0.25) is 5.88 Å². The number of rotatable bonds is 3. The van der Waals surface area contributed by atoms with Gasteiger partial charge in [0, 0.05) is 24.8 Å². The van der Waals surface area contributed by atoms with Crippen LogP contribution in [0.2, 0.25) is 0 Å². The van der Waals surface area contributed by atoms with Crippen molar-refractivity contribution in [2.75, 3.05) is 20.3 Å². The highest BCUT2D eigenvalue weighted by Gasteiger charge is 2.22. The summed E-state index contributed by atoms with van der Waals surface area (Å²) < 4.78 is 17.8. The van der Waals surface area contributed by atoms with Crippen LogP contribution in [-0.4, -0.2) is 30.1 Å². The lowest BCUT2D eigenvalue weighted by Crippen LogP contribution is -2.27. The maximum Gasteiger partial charge on any atom is 0.223 e. The summed E-state index contributed by atoms with van der Waals surface area (Å²) in [4.78, 5) is 7.01. The van der Waals surface area contributed by atoms with Gasteiger partial charge in [-0.05, 0) is 60.7 Å². The molecule has 0 spiro atoms. The molecule has 4 rings (SSSR count). The first-order chi connectivity index (χ1) is 15.5. The topological polar surface area (TPSA) is 43.8 Å². The largest absolute Gasteiger partial charge is 0.497 e. The summed E-state index contributed by atoms with van der Waals surface area (Å²) in [5, 5.41) is 0. The summed E-state index contributed by atoms with van der Waals surface area (Å²) in [6.45, 7) is 7.77. The fourth-order valence-corrected chi connectivity index (χ4v) is 3.96. The first-order valence-electron chi connectivity index (χ1n) is 11.2.